The Kier molecular flexibility index (Phi) is 4.06. The Morgan fingerprint density at radius 2 is 1.96 bits per heavy atom. The normalized spacial score (nSPS) is 10.8. The molecule has 0 saturated heterocycles. The van der Waals surface area contributed by atoms with Crippen molar-refractivity contribution in [2.24, 2.45) is 0 Å². The van der Waals surface area contributed by atoms with E-state index in [0.29, 0.717) is 5.56 Å². The van der Waals surface area contributed by atoms with Crippen molar-refractivity contribution in [1.82, 2.24) is 9.97 Å². The highest BCUT2D eigenvalue weighted by Gasteiger charge is 2.11. The summed E-state index contributed by atoms with van der Waals surface area (Å²) in [5.74, 6) is -0.348. The number of hydrogen-bond acceptors (Lipinski definition) is 6. The standard InChI is InChI=1S/C18H12N2O2S2/c21-18(13-6-7-15-16(8-13)24-11-19-15)22-9-14-10-23-17(20-14)12-4-2-1-3-5-12/h1-8,10-11H,9H2. The summed E-state index contributed by atoms with van der Waals surface area (Å²) >= 11 is 3.05. The van der Waals surface area contributed by atoms with E-state index in [-0.39, 0.29) is 12.6 Å². The quantitative estimate of drug-likeness (QED) is 0.496. The fourth-order valence-electron chi connectivity index (χ4n) is 2.29. The average molecular weight is 352 g/mol. The zero-order valence-corrected chi connectivity index (χ0v) is 14.1. The Bertz CT molecular complexity index is 992. The lowest BCUT2D eigenvalue weighted by atomic mass is 10.2. The highest BCUT2D eigenvalue weighted by Crippen LogP contribution is 2.24. The van der Waals surface area contributed by atoms with Crippen LogP contribution in [0.5, 0.6) is 0 Å². The second kappa shape index (κ2) is 6.51. The van der Waals surface area contributed by atoms with Gasteiger partial charge in [0.05, 0.1) is 27.0 Å². The van der Waals surface area contributed by atoms with Gasteiger partial charge in [0.25, 0.3) is 0 Å². The second-order valence-electron chi connectivity index (χ2n) is 5.12. The van der Waals surface area contributed by atoms with Crippen molar-refractivity contribution < 1.29 is 9.53 Å². The van der Waals surface area contributed by atoms with Crippen LogP contribution in [-0.2, 0) is 11.3 Å². The highest BCUT2D eigenvalue weighted by atomic mass is 32.1. The number of esters is 1. The molecule has 0 N–H and O–H groups in total. The van der Waals surface area contributed by atoms with E-state index in [2.05, 4.69) is 9.97 Å². The molecule has 118 valence electrons. The third-order valence-electron chi connectivity index (χ3n) is 3.49. The number of carbonyl (C=O) groups excluding carboxylic acids is 1. The molecule has 0 saturated carbocycles. The Hall–Kier alpha value is -2.57. The van der Waals surface area contributed by atoms with Gasteiger partial charge < -0.3 is 4.74 Å². The molecule has 2 aromatic carbocycles. The summed E-state index contributed by atoms with van der Waals surface area (Å²) in [7, 11) is 0. The van der Waals surface area contributed by atoms with E-state index in [9.17, 15) is 4.79 Å². The summed E-state index contributed by atoms with van der Waals surface area (Å²) < 4.78 is 6.35. The molecule has 0 bridgehead atoms. The lowest BCUT2D eigenvalue weighted by Crippen LogP contribution is -2.05. The average Bonchev–Trinajstić information content (AvgIpc) is 3.29. The predicted octanol–water partition coefficient (Wildman–Crippen LogP) is 4.78. The van der Waals surface area contributed by atoms with E-state index < -0.39 is 0 Å². The van der Waals surface area contributed by atoms with Crippen molar-refractivity contribution in [3.05, 3.63) is 70.7 Å². The van der Waals surface area contributed by atoms with Crippen molar-refractivity contribution in [3.8, 4) is 10.6 Å². The van der Waals surface area contributed by atoms with Crippen LogP contribution in [0.15, 0.2) is 59.4 Å². The molecule has 4 nitrogen and oxygen atoms in total. The molecule has 0 unspecified atom stereocenters. The molecule has 6 heteroatoms. The molecular formula is C18H12N2O2S2. The second-order valence-corrected chi connectivity index (χ2v) is 6.87. The fourth-order valence-corrected chi connectivity index (χ4v) is 3.82. The van der Waals surface area contributed by atoms with E-state index >= 15 is 0 Å². The molecule has 2 aromatic heterocycles. The number of rotatable bonds is 4. The van der Waals surface area contributed by atoms with Gasteiger partial charge in [-0.1, -0.05) is 30.3 Å². The maximum absolute atomic E-state index is 12.2. The molecule has 0 aliphatic carbocycles. The predicted molar refractivity (Wildman–Crippen MR) is 96.3 cm³/mol. The van der Waals surface area contributed by atoms with Crippen LogP contribution in [0.3, 0.4) is 0 Å². The monoisotopic (exact) mass is 352 g/mol. The minimum atomic E-state index is -0.348. The van der Waals surface area contributed by atoms with Gasteiger partial charge >= 0.3 is 5.97 Å². The van der Waals surface area contributed by atoms with E-state index in [1.807, 2.05) is 47.8 Å². The van der Waals surface area contributed by atoms with Crippen LogP contribution in [0.1, 0.15) is 16.1 Å². The molecule has 4 rings (SSSR count). The molecule has 4 aromatic rings. The minimum absolute atomic E-state index is 0.170. The lowest BCUT2D eigenvalue weighted by Gasteiger charge is -2.03. The van der Waals surface area contributed by atoms with E-state index in [1.54, 1.807) is 22.9 Å². The lowest BCUT2D eigenvalue weighted by molar-refractivity contribution is 0.0468. The molecule has 24 heavy (non-hydrogen) atoms. The Morgan fingerprint density at radius 3 is 2.83 bits per heavy atom. The first kappa shape index (κ1) is 15.0. The molecule has 0 aliphatic rings. The first-order chi connectivity index (χ1) is 11.8. The number of nitrogens with zero attached hydrogens (tertiary/aromatic N) is 2. The molecule has 0 aliphatic heterocycles. The van der Waals surface area contributed by atoms with Crippen LogP contribution in [0.25, 0.3) is 20.8 Å². The molecule has 0 amide bonds. The maximum Gasteiger partial charge on any atom is 0.338 e. The molecule has 0 atom stereocenters. The van der Waals surface area contributed by atoms with Crippen LogP contribution in [0, 0.1) is 0 Å². The SMILES string of the molecule is O=C(OCc1csc(-c2ccccc2)n1)c1ccc2ncsc2c1. The van der Waals surface area contributed by atoms with Gasteiger partial charge in [0, 0.05) is 10.9 Å². The first-order valence-corrected chi connectivity index (χ1v) is 9.06. The number of carbonyl (C=O) groups is 1. The number of hydrogen-bond donors (Lipinski definition) is 0. The van der Waals surface area contributed by atoms with Crippen molar-refractivity contribution in [2.45, 2.75) is 6.61 Å². The molecule has 0 spiro atoms. The van der Waals surface area contributed by atoms with Gasteiger partial charge in [-0.3, -0.25) is 0 Å². The Morgan fingerprint density at radius 1 is 1.08 bits per heavy atom. The molecule has 2 heterocycles. The molecule has 0 fully saturated rings. The Labute approximate surface area is 146 Å². The summed E-state index contributed by atoms with van der Waals surface area (Å²) in [5, 5.41) is 2.84. The fraction of sp³-hybridized carbons (Fsp3) is 0.0556. The van der Waals surface area contributed by atoms with Gasteiger partial charge in [-0.15, -0.1) is 22.7 Å². The van der Waals surface area contributed by atoms with Gasteiger partial charge in [0.2, 0.25) is 0 Å². The van der Waals surface area contributed by atoms with Crippen LogP contribution in [-0.4, -0.2) is 15.9 Å². The smallest absolute Gasteiger partial charge is 0.338 e. The summed E-state index contributed by atoms with van der Waals surface area (Å²) in [6, 6.07) is 15.3. The van der Waals surface area contributed by atoms with Gasteiger partial charge in [0.1, 0.15) is 11.6 Å². The summed E-state index contributed by atoms with van der Waals surface area (Å²) in [5.41, 5.74) is 5.01. The number of aromatic nitrogens is 2. The number of ether oxygens (including phenoxy) is 1. The van der Waals surface area contributed by atoms with E-state index in [4.69, 9.17) is 4.74 Å². The van der Waals surface area contributed by atoms with Crippen molar-refractivity contribution in [2.75, 3.05) is 0 Å². The topological polar surface area (TPSA) is 52.1 Å². The van der Waals surface area contributed by atoms with Crippen LogP contribution < -0.4 is 0 Å². The van der Waals surface area contributed by atoms with Crippen molar-refractivity contribution >= 4 is 38.9 Å². The van der Waals surface area contributed by atoms with Crippen LogP contribution in [0.4, 0.5) is 0 Å². The highest BCUT2D eigenvalue weighted by molar-refractivity contribution is 7.16. The minimum Gasteiger partial charge on any atom is -0.456 e. The van der Waals surface area contributed by atoms with Gasteiger partial charge in [0.15, 0.2) is 0 Å². The van der Waals surface area contributed by atoms with Crippen molar-refractivity contribution in [3.63, 3.8) is 0 Å². The summed E-state index contributed by atoms with van der Waals surface area (Å²) in [6.45, 7) is 0.170. The largest absolute Gasteiger partial charge is 0.456 e. The maximum atomic E-state index is 12.2. The van der Waals surface area contributed by atoms with E-state index in [0.717, 1.165) is 26.5 Å². The van der Waals surface area contributed by atoms with Crippen molar-refractivity contribution in [1.29, 1.82) is 0 Å². The van der Waals surface area contributed by atoms with Crippen LogP contribution >= 0.6 is 22.7 Å². The summed E-state index contributed by atoms with van der Waals surface area (Å²) in [4.78, 5) is 20.9. The zero-order valence-electron chi connectivity index (χ0n) is 12.5. The first-order valence-electron chi connectivity index (χ1n) is 7.30. The van der Waals surface area contributed by atoms with Gasteiger partial charge in [-0.05, 0) is 18.2 Å². The van der Waals surface area contributed by atoms with Crippen LogP contribution in [0.2, 0.25) is 0 Å². The van der Waals surface area contributed by atoms with Gasteiger partial charge in [-0.2, -0.15) is 0 Å². The molecule has 0 radical (unpaired) electrons. The number of fused-ring (bicyclic) bond motifs is 1. The molecular weight excluding hydrogens is 340 g/mol. The van der Waals surface area contributed by atoms with Gasteiger partial charge in [-0.25, -0.2) is 14.8 Å². The zero-order chi connectivity index (χ0) is 16.4. The van der Waals surface area contributed by atoms with E-state index in [1.165, 1.54) is 11.3 Å². The summed E-state index contributed by atoms with van der Waals surface area (Å²) in [6.07, 6.45) is 0. The Balaban J connectivity index is 1.45. The third-order valence-corrected chi connectivity index (χ3v) is 5.22. The number of benzene rings is 2. The number of thiazole rings is 2. The third kappa shape index (κ3) is 3.06.